The first-order valence-corrected chi connectivity index (χ1v) is 5.58. The highest BCUT2D eigenvalue weighted by molar-refractivity contribution is 5.97. The Hall–Kier alpha value is -0.860. The third-order valence-corrected chi connectivity index (χ3v) is 3.58. The lowest BCUT2D eigenvalue weighted by atomic mass is 9.60. The molecule has 0 amide bonds. The number of esters is 2. The van der Waals surface area contributed by atoms with Gasteiger partial charge in [-0.1, -0.05) is 20.8 Å². The van der Waals surface area contributed by atoms with Crippen LogP contribution in [0.25, 0.3) is 0 Å². The van der Waals surface area contributed by atoms with E-state index in [1.165, 1.54) is 0 Å². The maximum atomic E-state index is 11.8. The van der Waals surface area contributed by atoms with Gasteiger partial charge in [-0.2, -0.15) is 0 Å². The van der Waals surface area contributed by atoms with Crippen LogP contribution in [0.5, 0.6) is 0 Å². The number of rotatable bonds is 0. The second-order valence-corrected chi connectivity index (χ2v) is 6.07. The van der Waals surface area contributed by atoms with Crippen LogP contribution in [0.1, 0.15) is 46.5 Å². The zero-order valence-corrected chi connectivity index (χ0v) is 9.63. The van der Waals surface area contributed by atoms with Gasteiger partial charge in [0, 0.05) is 0 Å². The largest absolute Gasteiger partial charge is 0.393 e. The number of carbonyl (C=O) groups is 2. The Labute approximate surface area is 90.2 Å². The molecule has 0 aromatic carbocycles. The first-order chi connectivity index (χ1) is 6.83. The molecule has 3 nitrogen and oxygen atoms in total. The third-order valence-electron chi connectivity index (χ3n) is 3.58. The first-order valence-electron chi connectivity index (χ1n) is 5.58. The van der Waals surface area contributed by atoms with Gasteiger partial charge in [-0.05, 0) is 30.6 Å². The number of ether oxygens (including phenoxy) is 1. The fourth-order valence-electron chi connectivity index (χ4n) is 3.63. The van der Waals surface area contributed by atoms with Gasteiger partial charge in [0.2, 0.25) is 0 Å². The van der Waals surface area contributed by atoms with Gasteiger partial charge in [-0.3, -0.25) is 9.59 Å². The lowest BCUT2D eigenvalue weighted by Gasteiger charge is -2.42. The maximum Gasteiger partial charge on any atom is 0.320 e. The fraction of sp³-hybridized carbons (Fsp3) is 0.833. The molecule has 0 unspecified atom stereocenters. The van der Waals surface area contributed by atoms with Crippen LogP contribution in [0.2, 0.25) is 0 Å². The van der Waals surface area contributed by atoms with Gasteiger partial charge in [-0.15, -0.1) is 0 Å². The molecule has 1 saturated heterocycles. The summed E-state index contributed by atoms with van der Waals surface area (Å²) in [5.41, 5.74) is -0.362. The quantitative estimate of drug-likeness (QED) is 0.455. The van der Waals surface area contributed by atoms with Gasteiger partial charge in [0.05, 0.1) is 11.8 Å². The lowest BCUT2D eigenvalue weighted by Crippen LogP contribution is -2.39. The van der Waals surface area contributed by atoms with E-state index in [0.29, 0.717) is 12.3 Å². The van der Waals surface area contributed by atoms with Crippen LogP contribution in [0.4, 0.5) is 0 Å². The zero-order chi connectivity index (χ0) is 11.3. The van der Waals surface area contributed by atoms with Crippen molar-refractivity contribution in [3.8, 4) is 0 Å². The second kappa shape index (κ2) is 3.06. The molecule has 1 spiro atoms. The number of hydrogen-bond donors (Lipinski definition) is 0. The fourth-order valence-corrected chi connectivity index (χ4v) is 3.63. The van der Waals surface area contributed by atoms with Gasteiger partial charge in [0.1, 0.15) is 0 Å². The Kier molecular flexibility index (Phi) is 2.18. The molecule has 0 N–H and O–H groups in total. The number of carbonyl (C=O) groups excluding carboxylic acids is 2. The SMILES string of the molecule is C[C@@H]1CC(C)(C)C[C@@]2(CC(=O)OC2=O)C1. The topological polar surface area (TPSA) is 43.4 Å². The van der Waals surface area contributed by atoms with Crippen LogP contribution in [0, 0.1) is 16.7 Å². The molecule has 0 aromatic rings. The predicted octanol–water partition coefficient (Wildman–Crippen LogP) is 2.29. The van der Waals surface area contributed by atoms with Gasteiger partial charge in [0.25, 0.3) is 0 Å². The molecule has 84 valence electrons. The van der Waals surface area contributed by atoms with Crippen LogP contribution in [-0.2, 0) is 14.3 Å². The minimum Gasteiger partial charge on any atom is -0.393 e. The average Bonchev–Trinajstić information content (AvgIpc) is 2.20. The third kappa shape index (κ3) is 1.80. The summed E-state index contributed by atoms with van der Waals surface area (Å²) in [6, 6.07) is 0. The van der Waals surface area contributed by atoms with E-state index in [0.717, 1.165) is 19.3 Å². The Morgan fingerprint density at radius 2 is 1.93 bits per heavy atom. The summed E-state index contributed by atoms with van der Waals surface area (Å²) in [6.07, 6.45) is 3.01. The molecular weight excluding hydrogens is 192 g/mol. The molecule has 2 rings (SSSR count). The van der Waals surface area contributed by atoms with Crippen LogP contribution < -0.4 is 0 Å². The molecule has 2 atom stereocenters. The van der Waals surface area contributed by atoms with Crippen LogP contribution in [-0.4, -0.2) is 11.9 Å². The minimum atomic E-state index is -0.502. The minimum absolute atomic E-state index is 0.140. The molecule has 0 bridgehead atoms. The number of hydrogen-bond acceptors (Lipinski definition) is 3. The van der Waals surface area contributed by atoms with Crippen LogP contribution in [0.15, 0.2) is 0 Å². The van der Waals surface area contributed by atoms with E-state index in [2.05, 4.69) is 20.8 Å². The monoisotopic (exact) mass is 210 g/mol. The van der Waals surface area contributed by atoms with Crippen molar-refractivity contribution in [3.63, 3.8) is 0 Å². The molecule has 2 fully saturated rings. The van der Waals surface area contributed by atoms with E-state index in [9.17, 15) is 9.59 Å². The van der Waals surface area contributed by atoms with Crippen molar-refractivity contribution in [1.29, 1.82) is 0 Å². The van der Waals surface area contributed by atoms with E-state index in [1.807, 2.05) is 0 Å². The molecule has 3 heteroatoms. The predicted molar refractivity (Wildman–Crippen MR) is 54.9 cm³/mol. The Bertz CT molecular complexity index is 319. The van der Waals surface area contributed by atoms with Crippen molar-refractivity contribution in [2.45, 2.75) is 46.5 Å². The standard InChI is InChI=1S/C12H18O3/c1-8-4-11(2,3)7-12(5-8)6-9(13)15-10(12)14/h8H,4-7H2,1-3H3/t8-,12+/m1/s1. The molecule has 0 aromatic heterocycles. The average molecular weight is 210 g/mol. The Morgan fingerprint density at radius 1 is 1.27 bits per heavy atom. The maximum absolute atomic E-state index is 11.8. The molecule has 1 aliphatic heterocycles. The van der Waals surface area contributed by atoms with E-state index in [4.69, 9.17) is 4.74 Å². The van der Waals surface area contributed by atoms with Crippen molar-refractivity contribution in [2.24, 2.45) is 16.7 Å². The first kappa shape index (κ1) is 10.7. The zero-order valence-electron chi connectivity index (χ0n) is 9.63. The molecule has 1 aliphatic carbocycles. The molecular formula is C12H18O3. The summed E-state index contributed by atoms with van der Waals surface area (Å²) >= 11 is 0. The van der Waals surface area contributed by atoms with Gasteiger partial charge in [0.15, 0.2) is 0 Å². The van der Waals surface area contributed by atoms with Crippen molar-refractivity contribution in [3.05, 3.63) is 0 Å². The van der Waals surface area contributed by atoms with Crippen LogP contribution >= 0.6 is 0 Å². The summed E-state index contributed by atoms with van der Waals surface area (Å²) in [4.78, 5) is 23.0. The molecule has 1 saturated carbocycles. The highest BCUT2D eigenvalue weighted by atomic mass is 16.6. The highest BCUT2D eigenvalue weighted by Gasteiger charge is 2.54. The lowest BCUT2D eigenvalue weighted by molar-refractivity contribution is -0.157. The summed E-state index contributed by atoms with van der Waals surface area (Å²) < 4.78 is 4.72. The molecule has 0 radical (unpaired) electrons. The second-order valence-electron chi connectivity index (χ2n) is 6.07. The summed E-state index contributed by atoms with van der Waals surface area (Å²) in [5, 5.41) is 0. The van der Waals surface area contributed by atoms with Crippen molar-refractivity contribution < 1.29 is 14.3 Å². The van der Waals surface area contributed by atoms with Crippen molar-refractivity contribution in [2.75, 3.05) is 0 Å². The van der Waals surface area contributed by atoms with Gasteiger partial charge < -0.3 is 4.74 Å². The van der Waals surface area contributed by atoms with E-state index >= 15 is 0 Å². The van der Waals surface area contributed by atoms with Gasteiger partial charge >= 0.3 is 11.9 Å². The van der Waals surface area contributed by atoms with Crippen molar-refractivity contribution in [1.82, 2.24) is 0 Å². The summed E-state index contributed by atoms with van der Waals surface area (Å²) in [5.74, 6) is -0.135. The molecule has 15 heavy (non-hydrogen) atoms. The van der Waals surface area contributed by atoms with E-state index in [-0.39, 0.29) is 17.4 Å². The van der Waals surface area contributed by atoms with Crippen molar-refractivity contribution >= 4 is 11.9 Å². The van der Waals surface area contributed by atoms with E-state index < -0.39 is 5.41 Å². The summed E-state index contributed by atoms with van der Waals surface area (Å²) in [6.45, 7) is 6.49. The molecule has 2 aliphatic rings. The van der Waals surface area contributed by atoms with E-state index in [1.54, 1.807) is 0 Å². The van der Waals surface area contributed by atoms with Gasteiger partial charge in [-0.25, -0.2) is 0 Å². The molecule has 1 heterocycles. The Balaban J connectivity index is 2.28. The summed E-state index contributed by atoms with van der Waals surface area (Å²) in [7, 11) is 0. The normalized spacial score (nSPS) is 39.5. The number of cyclic esters (lactones) is 2. The Morgan fingerprint density at radius 3 is 2.40 bits per heavy atom. The smallest absolute Gasteiger partial charge is 0.320 e. The van der Waals surface area contributed by atoms with Crippen LogP contribution in [0.3, 0.4) is 0 Å². The highest BCUT2D eigenvalue weighted by Crippen LogP contribution is 2.53.